The minimum atomic E-state index is 0.413. The zero-order valence-corrected chi connectivity index (χ0v) is 13.3. The van der Waals surface area contributed by atoms with Gasteiger partial charge in [-0.25, -0.2) is 0 Å². The zero-order chi connectivity index (χ0) is 14.7. The Morgan fingerprint density at radius 3 is 2.76 bits per heavy atom. The van der Waals surface area contributed by atoms with Gasteiger partial charge in [-0.3, -0.25) is 4.68 Å². The summed E-state index contributed by atoms with van der Waals surface area (Å²) in [6.45, 7) is 3.31. The van der Waals surface area contributed by atoms with Crippen LogP contribution in [0.3, 0.4) is 0 Å². The summed E-state index contributed by atoms with van der Waals surface area (Å²) in [4.78, 5) is 0. The number of aromatic nitrogens is 2. The van der Waals surface area contributed by atoms with Gasteiger partial charge in [0, 0.05) is 12.4 Å². The Hall–Kier alpha value is -1.35. The topological polar surface area (TPSA) is 29.9 Å². The molecule has 1 aliphatic rings. The van der Waals surface area contributed by atoms with Crippen LogP contribution in [0.2, 0.25) is 0 Å². The first kappa shape index (κ1) is 14.6. The first-order valence-electron chi connectivity index (χ1n) is 8.46. The van der Waals surface area contributed by atoms with Gasteiger partial charge < -0.3 is 5.32 Å². The predicted octanol–water partition coefficient (Wildman–Crippen LogP) is 4.19. The van der Waals surface area contributed by atoms with Gasteiger partial charge in [-0.1, -0.05) is 44.4 Å². The van der Waals surface area contributed by atoms with Gasteiger partial charge in [0.25, 0.3) is 0 Å². The number of benzene rings is 1. The second kappa shape index (κ2) is 6.61. The van der Waals surface area contributed by atoms with Gasteiger partial charge in [0.05, 0.1) is 17.3 Å². The number of hydrogen-bond acceptors (Lipinski definition) is 2. The van der Waals surface area contributed by atoms with Crippen molar-refractivity contribution in [3.8, 4) is 0 Å². The number of hydrogen-bond donors (Lipinski definition) is 1. The first-order chi connectivity index (χ1) is 10.3. The summed E-state index contributed by atoms with van der Waals surface area (Å²) in [5, 5.41) is 9.98. The molecule has 1 aromatic heterocycles. The molecule has 1 aliphatic carbocycles. The van der Waals surface area contributed by atoms with Gasteiger partial charge in [-0.2, -0.15) is 5.10 Å². The summed E-state index contributed by atoms with van der Waals surface area (Å²) in [5.41, 5.74) is 2.50. The van der Waals surface area contributed by atoms with E-state index in [1.165, 1.54) is 55.1 Å². The quantitative estimate of drug-likeness (QED) is 0.892. The molecule has 1 fully saturated rings. The molecule has 0 radical (unpaired) electrons. The van der Waals surface area contributed by atoms with Crippen molar-refractivity contribution in [3.63, 3.8) is 0 Å². The Morgan fingerprint density at radius 2 is 2.00 bits per heavy atom. The maximum atomic E-state index is 4.87. The standard InChI is InChI=1S/C18H27N3/c1-3-13-19-17(14-9-5-4-6-10-14)18-15-11-7-8-12-16(15)21(2)20-18/h7-8,11-12,14,17,19H,3-6,9-10,13H2,1-2H3. The summed E-state index contributed by atoms with van der Waals surface area (Å²) in [7, 11) is 2.06. The van der Waals surface area contributed by atoms with E-state index in [4.69, 9.17) is 5.10 Å². The second-order valence-corrected chi connectivity index (χ2v) is 6.36. The highest BCUT2D eigenvalue weighted by atomic mass is 15.3. The van der Waals surface area contributed by atoms with Crippen molar-refractivity contribution < 1.29 is 0 Å². The fourth-order valence-electron chi connectivity index (χ4n) is 3.73. The number of para-hydroxylation sites is 1. The lowest BCUT2D eigenvalue weighted by atomic mass is 9.82. The number of nitrogens with one attached hydrogen (secondary N) is 1. The lowest BCUT2D eigenvalue weighted by Gasteiger charge is -2.30. The van der Waals surface area contributed by atoms with Gasteiger partial charge in [0.15, 0.2) is 0 Å². The van der Waals surface area contributed by atoms with E-state index in [0.29, 0.717) is 6.04 Å². The summed E-state index contributed by atoms with van der Waals surface area (Å²) in [5.74, 6) is 0.739. The summed E-state index contributed by atoms with van der Waals surface area (Å²) in [6, 6.07) is 9.04. The summed E-state index contributed by atoms with van der Waals surface area (Å²) in [6.07, 6.45) is 8.01. The minimum Gasteiger partial charge on any atom is -0.308 e. The molecule has 114 valence electrons. The largest absolute Gasteiger partial charge is 0.308 e. The molecule has 3 nitrogen and oxygen atoms in total. The molecule has 0 bridgehead atoms. The van der Waals surface area contributed by atoms with Crippen molar-refractivity contribution in [2.75, 3.05) is 6.54 Å². The zero-order valence-electron chi connectivity index (χ0n) is 13.3. The maximum Gasteiger partial charge on any atom is 0.0875 e. The highest BCUT2D eigenvalue weighted by Gasteiger charge is 2.28. The van der Waals surface area contributed by atoms with Crippen LogP contribution >= 0.6 is 0 Å². The average molecular weight is 285 g/mol. The normalized spacial score (nSPS) is 18.2. The van der Waals surface area contributed by atoms with Crippen LogP contribution < -0.4 is 5.32 Å². The molecule has 1 saturated carbocycles. The molecular formula is C18H27N3. The SMILES string of the molecule is CCCNC(c1nn(C)c2ccccc12)C1CCCCC1. The van der Waals surface area contributed by atoms with Gasteiger partial charge in [0.2, 0.25) is 0 Å². The molecule has 0 saturated heterocycles. The Kier molecular flexibility index (Phi) is 4.59. The third-order valence-electron chi connectivity index (χ3n) is 4.82. The van der Waals surface area contributed by atoms with E-state index in [1.807, 2.05) is 4.68 Å². The minimum absolute atomic E-state index is 0.413. The number of rotatable bonds is 5. The summed E-state index contributed by atoms with van der Waals surface area (Å²) >= 11 is 0. The Bertz CT molecular complexity index is 581. The number of fused-ring (bicyclic) bond motifs is 1. The van der Waals surface area contributed by atoms with Crippen LogP contribution in [0.4, 0.5) is 0 Å². The Labute approximate surface area is 127 Å². The van der Waals surface area contributed by atoms with Gasteiger partial charge in [-0.05, 0) is 37.8 Å². The molecule has 1 atom stereocenters. The van der Waals surface area contributed by atoms with E-state index in [-0.39, 0.29) is 0 Å². The lowest BCUT2D eigenvalue weighted by Crippen LogP contribution is -2.31. The van der Waals surface area contributed by atoms with Crippen molar-refractivity contribution in [2.45, 2.75) is 51.5 Å². The van der Waals surface area contributed by atoms with Gasteiger partial charge >= 0.3 is 0 Å². The van der Waals surface area contributed by atoms with E-state index < -0.39 is 0 Å². The first-order valence-corrected chi connectivity index (χ1v) is 8.46. The Morgan fingerprint density at radius 1 is 1.24 bits per heavy atom. The van der Waals surface area contributed by atoms with Crippen LogP contribution in [0, 0.1) is 5.92 Å². The third kappa shape index (κ3) is 2.98. The molecule has 1 unspecified atom stereocenters. The van der Waals surface area contributed by atoms with Crippen LogP contribution in [0.15, 0.2) is 24.3 Å². The van der Waals surface area contributed by atoms with E-state index in [9.17, 15) is 0 Å². The molecule has 2 aromatic rings. The van der Waals surface area contributed by atoms with Gasteiger partial charge in [0.1, 0.15) is 0 Å². The molecule has 0 spiro atoms. The average Bonchev–Trinajstić information content (AvgIpc) is 2.87. The van der Waals surface area contributed by atoms with Crippen LogP contribution in [-0.4, -0.2) is 16.3 Å². The number of nitrogens with zero attached hydrogens (tertiary/aromatic N) is 2. The van der Waals surface area contributed by atoms with Crippen molar-refractivity contribution in [2.24, 2.45) is 13.0 Å². The van der Waals surface area contributed by atoms with E-state index in [2.05, 4.69) is 43.6 Å². The van der Waals surface area contributed by atoms with Crippen molar-refractivity contribution in [3.05, 3.63) is 30.0 Å². The number of aryl methyl sites for hydroxylation is 1. The van der Waals surface area contributed by atoms with E-state index in [1.54, 1.807) is 0 Å². The highest BCUT2D eigenvalue weighted by molar-refractivity contribution is 5.82. The maximum absolute atomic E-state index is 4.87. The molecule has 0 aliphatic heterocycles. The fourth-order valence-corrected chi connectivity index (χ4v) is 3.73. The lowest BCUT2D eigenvalue weighted by molar-refractivity contribution is 0.268. The van der Waals surface area contributed by atoms with Gasteiger partial charge in [-0.15, -0.1) is 0 Å². The highest BCUT2D eigenvalue weighted by Crippen LogP contribution is 2.36. The predicted molar refractivity (Wildman–Crippen MR) is 88.3 cm³/mol. The molecule has 1 aromatic carbocycles. The molecule has 21 heavy (non-hydrogen) atoms. The molecule has 0 amide bonds. The molecule has 3 heteroatoms. The summed E-state index contributed by atoms with van der Waals surface area (Å²) < 4.78 is 2.04. The van der Waals surface area contributed by atoms with E-state index in [0.717, 1.165) is 12.5 Å². The van der Waals surface area contributed by atoms with Crippen molar-refractivity contribution >= 4 is 10.9 Å². The van der Waals surface area contributed by atoms with E-state index >= 15 is 0 Å². The molecular weight excluding hydrogens is 258 g/mol. The monoisotopic (exact) mass is 285 g/mol. The molecule has 1 N–H and O–H groups in total. The van der Waals surface area contributed by atoms with Crippen molar-refractivity contribution in [1.29, 1.82) is 0 Å². The van der Waals surface area contributed by atoms with Crippen LogP contribution in [-0.2, 0) is 7.05 Å². The second-order valence-electron chi connectivity index (χ2n) is 6.36. The van der Waals surface area contributed by atoms with Crippen LogP contribution in [0.5, 0.6) is 0 Å². The fraction of sp³-hybridized carbons (Fsp3) is 0.611. The Balaban J connectivity index is 1.96. The molecule has 3 rings (SSSR count). The van der Waals surface area contributed by atoms with Crippen LogP contribution in [0.1, 0.15) is 57.2 Å². The van der Waals surface area contributed by atoms with Crippen molar-refractivity contribution in [1.82, 2.24) is 15.1 Å². The third-order valence-corrected chi connectivity index (χ3v) is 4.82. The molecule has 1 heterocycles. The smallest absolute Gasteiger partial charge is 0.0875 e. The van der Waals surface area contributed by atoms with Crippen LogP contribution in [0.25, 0.3) is 10.9 Å².